The average Bonchev–Trinajstić information content (AvgIpc) is 3.34. The maximum atomic E-state index is 13.8. The van der Waals surface area contributed by atoms with Gasteiger partial charge in [0.2, 0.25) is 5.91 Å². The van der Waals surface area contributed by atoms with Gasteiger partial charge in [0, 0.05) is 44.2 Å². The lowest BCUT2D eigenvalue weighted by molar-refractivity contribution is -0.149. The van der Waals surface area contributed by atoms with E-state index in [1.165, 1.54) is 12.3 Å². The van der Waals surface area contributed by atoms with Crippen LogP contribution in [0.2, 0.25) is 0 Å². The van der Waals surface area contributed by atoms with Gasteiger partial charge in [0.25, 0.3) is 0 Å². The molecule has 1 aliphatic heterocycles. The molecule has 2 N–H and O–H groups in total. The highest BCUT2D eigenvalue weighted by Crippen LogP contribution is 2.32. The van der Waals surface area contributed by atoms with Crippen LogP contribution in [0.1, 0.15) is 94.7 Å². The number of ketones is 1. The van der Waals surface area contributed by atoms with E-state index in [-0.39, 0.29) is 54.1 Å². The van der Waals surface area contributed by atoms with Crippen molar-refractivity contribution in [1.29, 1.82) is 0 Å². The molecule has 10 heteroatoms. The molecule has 36 heavy (non-hydrogen) atoms. The number of aromatic carboxylic acids is 1. The number of Topliss-reactive ketones (excluding diaryl/α,β-unsaturated/α-hetero) is 1. The third-order valence-electron chi connectivity index (χ3n) is 7.16. The minimum Gasteiger partial charge on any atom is -0.476 e. The lowest BCUT2D eigenvalue weighted by Gasteiger charge is -2.37. The fourth-order valence-electron chi connectivity index (χ4n) is 4.76. The van der Waals surface area contributed by atoms with Gasteiger partial charge in [-0.2, -0.15) is 0 Å². The van der Waals surface area contributed by atoms with Gasteiger partial charge in [-0.05, 0) is 31.2 Å². The van der Waals surface area contributed by atoms with Crippen LogP contribution in [0.3, 0.4) is 0 Å². The molecular formula is C26H41N3O6S. The lowest BCUT2D eigenvalue weighted by Crippen LogP contribution is -2.47. The zero-order chi connectivity index (χ0) is 27.0. The molecule has 0 saturated carbocycles. The van der Waals surface area contributed by atoms with E-state index in [4.69, 9.17) is 4.74 Å². The molecule has 202 valence electrons. The van der Waals surface area contributed by atoms with E-state index in [1.54, 1.807) is 11.9 Å². The quantitative estimate of drug-likeness (QED) is 0.371. The van der Waals surface area contributed by atoms with Crippen molar-refractivity contribution in [3.05, 3.63) is 16.1 Å². The molecule has 1 aromatic heterocycles. The van der Waals surface area contributed by atoms with Gasteiger partial charge in [0.1, 0.15) is 5.01 Å². The molecule has 0 spiro atoms. The van der Waals surface area contributed by atoms with Crippen LogP contribution >= 0.6 is 11.3 Å². The summed E-state index contributed by atoms with van der Waals surface area (Å²) in [5.74, 6) is -2.07. The summed E-state index contributed by atoms with van der Waals surface area (Å²) >= 11 is 1.12. The number of hydrogen-bond acceptors (Lipinski definition) is 8. The molecule has 5 atom stereocenters. The largest absolute Gasteiger partial charge is 0.476 e. The Bertz CT molecular complexity index is 911. The molecule has 0 aromatic carbocycles. The van der Waals surface area contributed by atoms with Gasteiger partial charge in [-0.3, -0.25) is 14.4 Å². The standard InChI is InChI=1S/C26H41N3O6S/c1-7-16(4)18(12-22(31)19-10-8-9-11-27-19)25(32)29(6)21(15(2)3)13-23(35-17(5)30)24-28-20(14-36-24)26(33)34/h14-16,18-19,21,23,27H,7-13H2,1-6H3,(H,33,34)/t16-,18-,19+,21+,23+/m0/s1. The summed E-state index contributed by atoms with van der Waals surface area (Å²) in [7, 11) is 1.74. The van der Waals surface area contributed by atoms with Crippen molar-refractivity contribution in [3.8, 4) is 0 Å². The first-order valence-electron chi connectivity index (χ1n) is 12.8. The van der Waals surface area contributed by atoms with Crippen molar-refractivity contribution in [2.75, 3.05) is 13.6 Å². The maximum Gasteiger partial charge on any atom is 0.355 e. The van der Waals surface area contributed by atoms with E-state index in [0.29, 0.717) is 5.01 Å². The topological polar surface area (TPSA) is 126 Å². The number of aromatic nitrogens is 1. The van der Waals surface area contributed by atoms with Gasteiger partial charge in [0.15, 0.2) is 17.6 Å². The summed E-state index contributed by atoms with van der Waals surface area (Å²) in [5, 5.41) is 14.3. The second kappa shape index (κ2) is 13.8. The van der Waals surface area contributed by atoms with Crippen LogP contribution in [0, 0.1) is 17.8 Å². The van der Waals surface area contributed by atoms with Crippen LogP contribution in [0.5, 0.6) is 0 Å². The summed E-state index contributed by atoms with van der Waals surface area (Å²) in [6.45, 7) is 10.1. The maximum absolute atomic E-state index is 13.8. The first kappa shape index (κ1) is 29.9. The first-order chi connectivity index (χ1) is 17.0. The predicted molar refractivity (Wildman–Crippen MR) is 138 cm³/mol. The second-order valence-electron chi connectivity index (χ2n) is 10.1. The van der Waals surface area contributed by atoms with E-state index >= 15 is 0 Å². The van der Waals surface area contributed by atoms with Gasteiger partial charge in [-0.1, -0.05) is 40.5 Å². The monoisotopic (exact) mass is 523 g/mol. The highest BCUT2D eigenvalue weighted by Gasteiger charge is 2.36. The number of amides is 1. The minimum absolute atomic E-state index is 0.0178. The van der Waals surface area contributed by atoms with Gasteiger partial charge in [-0.15, -0.1) is 11.3 Å². The summed E-state index contributed by atoms with van der Waals surface area (Å²) in [5.41, 5.74) is -0.107. The van der Waals surface area contributed by atoms with Crippen LogP contribution in [-0.2, 0) is 19.1 Å². The number of thiazole rings is 1. The van der Waals surface area contributed by atoms with Crippen LogP contribution in [0.15, 0.2) is 5.38 Å². The Kier molecular flexibility index (Phi) is 11.5. The van der Waals surface area contributed by atoms with Gasteiger partial charge in [0.05, 0.1) is 6.04 Å². The Morgan fingerprint density at radius 3 is 2.44 bits per heavy atom. The first-order valence-corrected chi connectivity index (χ1v) is 13.7. The number of hydrogen-bond donors (Lipinski definition) is 2. The number of carbonyl (C=O) groups excluding carboxylic acids is 3. The van der Waals surface area contributed by atoms with E-state index in [9.17, 15) is 24.3 Å². The van der Waals surface area contributed by atoms with Gasteiger partial charge in [-0.25, -0.2) is 9.78 Å². The number of ether oxygens (including phenoxy) is 1. The van der Waals surface area contributed by atoms with Crippen LogP contribution < -0.4 is 5.32 Å². The zero-order valence-corrected chi connectivity index (χ0v) is 23.1. The molecule has 1 saturated heterocycles. The second-order valence-corrected chi connectivity index (χ2v) is 11.0. The molecule has 9 nitrogen and oxygen atoms in total. The van der Waals surface area contributed by atoms with Crippen molar-refractivity contribution in [2.24, 2.45) is 17.8 Å². The van der Waals surface area contributed by atoms with E-state index in [1.807, 2.05) is 27.7 Å². The fourth-order valence-corrected chi connectivity index (χ4v) is 5.59. The van der Waals surface area contributed by atoms with Crippen molar-refractivity contribution < 1.29 is 29.0 Å². The molecule has 0 unspecified atom stereocenters. The minimum atomic E-state index is -1.15. The van der Waals surface area contributed by atoms with Crippen molar-refractivity contribution in [3.63, 3.8) is 0 Å². The third kappa shape index (κ3) is 8.09. The molecular weight excluding hydrogens is 482 g/mol. The number of piperidine rings is 1. The Labute approximate surface area is 218 Å². The molecule has 1 fully saturated rings. The summed E-state index contributed by atoms with van der Waals surface area (Å²) in [6.07, 6.45) is 3.35. The highest BCUT2D eigenvalue weighted by atomic mass is 32.1. The average molecular weight is 524 g/mol. The number of carboxylic acids is 1. The summed E-state index contributed by atoms with van der Waals surface area (Å²) in [6, 6.07) is -0.500. The Hall–Kier alpha value is -2.33. The summed E-state index contributed by atoms with van der Waals surface area (Å²) < 4.78 is 5.53. The Morgan fingerprint density at radius 1 is 1.25 bits per heavy atom. The van der Waals surface area contributed by atoms with Gasteiger partial charge >= 0.3 is 11.9 Å². The molecule has 1 aliphatic rings. The number of nitrogens with zero attached hydrogens (tertiary/aromatic N) is 2. The molecule has 1 aromatic rings. The molecule has 1 amide bonds. The summed E-state index contributed by atoms with van der Waals surface area (Å²) in [4.78, 5) is 55.8. The Balaban J connectivity index is 2.25. The predicted octanol–water partition coefficient (Wildman–Crippen LogP) is 4.08. The number of rotatable bonds is 13. The van der Waals surface area contributed by atoms with Gasteiger partial charge < -0.3 is 20.1 Å². The van der Waals surface area contributed by atoms with E-state index in [2.05, 4.69) is 10.3 Å². The number of nitrogens with one attached hydrogen (secondary N) is 1. The van der Waals surface area contributed by atoms with Crippen LogP contribution in [-0.4, -0.2) is 64.3 Å². The van der Waals surface area contributed by atoms with Crippen LogP contribution in [0.4, 0.5) is 0 Å². The zero-order valence-electron chi connectivity index (χ0n) is 22.3. The molecule has 2 heterocycles. The molecule has 2 rings (SSSR count). The fraction of sp³-hybridized carbons (Fsp3) is 0.731. The Morgan fingerprint density at radius 2 is 1.94 bits per heavy atom. The SMILES string of the molecule is CC[C@H](C)[C@H](CC(=O)[C@H]1CCCCN1)C(=O)N(C)[C@H](C[C@@H](OC(C)=O)c1nc(C(=O)O)cs1)C(C)C. The molecule has 0 aliphatic carbocycles. The van der Waals surface area contributed by atoms with E-state index < -0.39 is 24.0 Å². The number of esters is 1. The smallest absolute Gasteiger partial charge is 0.355 e. The lowest BCUT2D eigenvalue weighted by atomic mass is 9.83. The van der Waals surface area contributed by atoms with Crippen molar-refractivity contribution >= 4 is 35.0 Å². The normalized spacial score (nSPS) is 19.2. The number of carboxylic acid groups (broad SMARTS) is 1. The van der Waals surface area contributed by atoms with Crippen molar-refractivity contribution in [2.45, 2.75) is 91.3 Å². The van der Waals surface area contributed by atoms with E-state index in [0.717, 1.165) is 43.6 Å². The molecule has 0 radical (unpaired) electrons. The number of carbonyl (C=O) groups is 4. The van der Waals surface area contributed by atoms with Crippen molar-refractivity contribution in [1.82, 2.24) is 15.2 Å². The van der Waals surface area contributed by atoms with Crippen LogP contribution in [0.25, 0.3) is 0 Å². The highest BCUT2D eigenvalue weighted by molar-refractivity contribution is 7.09. The molecule has 0 bridgehead atoms. The third-order valence-corrected chi connectivity index (χ3v) is 8.10.